The molecule has 16 heavy (non-hydrogen) atoms. The first-order chi connectivity index (χ1) is 7.69. The van der Waals surface area contributed by atoms with Crippen LogP contribution in [0.25, 0.3) is 0 Å². The highest BCUT2D eigenvalue weighted by Gasteiger charge is 2.30. The Morgan fingerprint density at radius 1 is 1.56 bits per heavy atom. The summed E-state index contributed by atoms with van der Waals surface area (Å²) in [5, 5.41) is 13.6. The maximum atomic E-state index is 9.78. The molecule has 0 amide bonds. The number of aryl methyl sites for hydroxylation is 1. The molecule has 5 nitrogen and oxygen atoms in total. The predicted octanol–water partition coefficient (Wildman–Crippen LogP) is 0.835. The summed E-state index contributed by atoms with van der Waals surface area (Å²) < 4.78 is 5.10. The van der Waals surface area contributed by atoms with E-state index in [0.29, 0.717) is 24.9 Å². The van der Waals surface area contributed by atoms with Gasteiger partial charge in [0.2, 0.25) is 5.89 Å². The van der Waals surface area contributed by atoms with Crippen molar-refractivity contribution in [1.29, 1.82) is 0 Å². The maximum Gasteiger partial charge on any atom is 0.240 e. The largest absolute Gasteiger partial charge is 0.392 e. The van der Waals surface area contributed by atoms with E-state index in [1.54, 1.807) is 0 Å². The number of aliphatic hydroxyl groups excluding tert-OH is 1. The van der Waals surface area contributed by atoms with Crippen LogP contribution in [0.5, 0.6) is 0 Å². The fourth-order valence-corrected chi connectivity index (χ4v) is 1.74. The zero-order chi connectivity index (χ0) is 11.5. The molecule has 90 valence electrons. The van der Waals surface area contributed by atoms with Crippen LogP contribution in [0.1, 0.15) is 31.5 Å². The average Bonchev–Trinajstić information content (AvgIpc) is 3.00. The Kier molecular flexibility index (Phi) is 3.56. The van der Waals surface area contributed by atoms with Gasteiger partial charge in [0.1, 0.15) is 0 Å². The molecule has 1 aromatic heterocycles. The number of aliphatic hydroxyl groups is 1. The first-order valence-corrected chi connectivity index (χ1v) is 5.87. The van der Waals surface area contributed by atoms with Gasteiger partial charge in [-0.05, 0) is 25.8 Å². The monoisotopic (exact) mass is 225 g/mol. The lowest BCUT2D eigenvalue weighted by Crippen LogP contribution is -2.30. The van der Waals surface area contributed by atoms with Crippen molar-refractivity contribution in [2.45, 2.75) is 38.8 Å². The zero-order valence-electron chi connectivity index (χ0n) is 9.89. The van der Waals surface area contributed by atoms with Gasteiger partial charge in [-0.3, -0.25) is 4.90 Å². The third-order valence-corrected chi connectivity index (χ3v) is 2.90. The summed E-state index contributed by atoms with van der Waals surface area (Å²) in [6.07, 6.45) is 2.90. The molecule has 0 radical (unpaired) electrons. The minimum Gasteiger partial charge on any atom is -0.392 e. The first kappa shape index (κ1) is 11.5. The number of hydrogen-bond acceptors (Lipinski definition) is 5. The van der Waals surface area contributed by atoms with Gasteiger partial charge in [0.25, 0.3) is 0 Å². The summed E-state index contributed by atoms with van der Waals surface area (Å²) in [6, 6.07) is 0. The fraction of sp³-hybridized carbons (Fsp3) is 0.818. The summed E-state index contributed by atoms with van der Waals surface area (Å²) in [6.45, 7) is 3.28. The highest BCUT2D eigenvalue weighted by molar-refractivity contribution is 4.87. The van der Waals surface area contributed by atoms with E-state index >= 15 is 0 Å². The maximum absolute atomic E-state index is 9.78. The SMILES string of the molecule is CCc1noc(CN(C)CC(O)C2CC2)n1. The van der Waals surface area contributed by atoms with Crippen molar-refractivity contribution in [3.05, 3.63) is 11.7 Å². The lowest BCUT2D eigenvalue weighted by molar-refractivity contribution is 0.0992. The lowest BCUT2D eigenvalue weighted by atomic mass is 10.2. The molecule has 0 spiro atoms. The molecule has 1 aliphatic carbocycles. The Morgan fingerprint density at radius 3 is 2.88 bits per heavy atom. The average molecular weight is 225 g/mol. The number of aromatic nitrogens is 2. The van der Waals surface area contributed by atoms with E-state index in [4.69, 9.17) is 4.52 Å². The third-order valence-electron chi connectivity index (χ3n) is 2.90. The standard InChI is InChI=1S/C11H19N3O2/c1-3-10-12-11(16-13-10)7-14(2)6-9(15)8-4-5-8/h8-9,15H,3-7H2,1-2H3. The van der Waals surface area contributed by atoms with Crippen LogP contribution in [-0.4, -0.2) is 39.8 Å². The molecule has 0 aromatic carbocycles. The Hall–Kier alpha value is -0.940. The summed E-state index contributed by atoms with van der Waals surface area (Å²) in [4.78, 5) is 6.26. The van der Waals surface area contributed by atoms with E-state index in [9.17, 15) is 5.11 Å². The molecule has 0 bridgehead atoms. The smallest absolute Gasteiger partial charge is 0.240 e. The Bertz CT molecular complexity index is 336. The summed E-state index contributed by atoms with van der Waals surface area (Å²) in [5.41, 5.74) is 0. The van der Waals surface area contributed by atoms with Gasteiger partial charge in [-0.2, -0.15) is 4.98 Å². The van der Waals surface area contributed by atoms with Gasteiger partial charge >= 0.3 is 0 Å². The van der Waals surface area contributed by atoms with Crippen LogP contribution in [0, 0.1) is 5.92 Å². The predicted molar refractivity (Wildman–Crippen MR) is 58.7 cm³/mol. The van der Waals surface area contributed by atoms with Crippen LogP contribution in [-0.2, 0) is 13.0 Å². The minimum absolute atomic E-state index is 0.210. The molecule has 1 unspecified atom stereocenters. The molecular weight excluding hydrogens is 206 g/mol. The number of likely N-dealkylation sites (N-methyl/N-ethyl adjacent to an activating group) is 1. The second-order valence-electron chi connectivity index (χ2n) is 4.56. The normalized spacial score (nSPS) is 18.0. The fourth-order valence-electron chi connectivity index (χ4n) is 1.74. The minimum atomic E-state index is -0.210. The lowest BCUT2D eigenvalue weighted by Gasteiger charge is -2.18. The summed E-state index contributed by atoms with van der Waals surface area (Å²) >= 11 is 0. The molecule has 0 aliphatic heterocycles. The van der Waals surface area contributed by atoms with E-state index in [0.717, 1.165) is 25.1 Å². The van der Waals surface area contributed by atoms with E-state index in [2.05, 4.69) is 10.1 Å². The number of rotatable bonds is 6. The Labute approximate surface area is 95.4 Å². The molecule has 1 heterocycles. The molecule has 2 rings (SSSR count). The van der Waals surface area contributed by atoms with E-state index < -0.39 is 0 Å². The summed E-state index contributed by atoms with van der Waals surface area (Å²) in [5.74, 6) is 1.88. The molecule has 1 aliphatic rings. The Morgan fingerprint density at radius 2 is 2.31 bits per heavy atom. The van der Waals surface area contributed by atoms with Gasteiger partial charge in [0.15, 0.2) is 5.82 Å². The molecule has 1 N–H and O–H groups in total. The van der Waals surface area contributed by atoms with Crippen LogP contribution >= 0.6 is 0 Å². The Balaban J connectivity index is 1.79. The van der Waals surface area contributed by atoms with Gasteiger partial charge in [0.05, 0.1) is 12.6 Å². The molecule has 1 aromatic rings. The second-order valence-corrected chi connectivity index (χ2v) is 4.56. The topological polar surface area (TPSA) is 62.4 Å². The second kappa shape index (κ2) is 4.93. The highest BCUT2D eigenvalue weighted by atomic mass is 16.5. The van der Waals surface area contributed by atoms with Gasteiger partial charge in [-0.25, -0.2) is 0 Å². The summed E-state index contributed by atoms with van der Waals surface area (Å²) in [7, 11) is 1.96. The molecule has 0 saturated heterocycles. The van der Waals surface area contributed by atoms with Gasteiger partial charge < -0.3 is 9.63 Å². The van der Waals surface area contributed by atoms with Crippen LogP contribution in [0.4, 0.5) is 0 Å². The van der Waals surface area contributed by atoms with Crippen molar-refractivity contribution in [3.63, 3.8) is 0 Å². The quantitative estimate of drug-likeness (QED) is 0.777. The van der Waals surface area contributed by atoms with Gasteiger partial charge in [0, 0.05) is 13.0 Å². The van der Waals surface area contributed by atoms with E-state index in [1.807, 2.05) is 18.9 Å². The van der Waals surface area contributed by atoms with Crippen molar-refractivity contribution >= 4 is 0 Å². The number of nitrogens with zero attached hydrogens (tertiary/aromatic N) is 3. The first-order valence-electron chi connectivity index (χ1n) is 5.87. The highest BCUT2D eigenvalue weighted by Crippen LogP contribution is 2.32. The van der Waals surface area contributed by atoms with Crippen molar-refractivity contribution in [3.8, 4) is 0 Å². The number of hydrogen-bond donors (Lipinski definition) is 1. The molecular formula is C11H19N3O2. The zero-order valence-corrected chi connectivity index (χ0v) is 9.89. The van der Waals surface area contributed by atoms with Crippen LogP contribution < -0.4 is 0 Å². The van der Waals surface area contributed by atoms with E-state index in [-0.39, 0.29) is 6.10 Å². The molecule has 1 fully saturated rings. The van der Waals surface area contributed by atoms with Crippen LogP contribution in [0.2, 0.25) is 0 Å². The van der Waals surface area contributed by atoms with E-state index in [1.165, 1.54) is 0 Å². The third kappa shape index (κ3) is 3.02. The van der Waals surface area contributed by atoms with Crippen LogP contribution in [0.3, 0.4) is 0 Å². The van der Waals surface area contributed by atoms with Crippen molar-refractivity contribution < 1.29 is 9.63 Å². The van der Waals surface area contributed by atoms with Crippen molar-refractivity contribution in [2.75, 3.05) is 13.6 Å². The molecule has 1 saturated carbocycles. The van der Waals surface area contributed by atoms with Crippen molar-refractivity contribution in [2.24, 2.45) is 5.92 Å². The van der Waals surface area contributed by atoms with Crippen LogP contribution in [0.15, 0.2) is 4.52 Å². The van der Waals surface area contributed by atoms with Crippen molar-refractivity contribution in [1.82, 2.24) is 15.0 Å². The van der Waals surface area contributed by atoms with Gasteiger partial charge in [-0.1, -0.05) is 12.1 Å². The van der Waals surface area contributed by atoms with Gasteiger partial charge in [-0.15, -0.1) is 0 Å². The molecule has 5 heteroatoms. The molecule has 1 atom stereocenters.